The Kier molecular flexibility index (Phi) is 3.88. The SMILES string of the molecule is O=C(O)c1ccc(CC2CCCSC2)cc1. The van der Waals surface area contributed by atoms with Gasteiger partial charge >= 0.3 is 5.97 Å². The summed E-state index contributed by atoms with van der Waals surface area (Å²) in [6.07, 6.45) is 3.73. The van der Waals surface area contributed by atoms with Gasteiger partial charge in [0.15, 0.2) is 0 Å². The molecule has 0 bridgehead atoms. The van der Waals surface area contributed by atoms with Gasteiger partial charge in [-0.3, -0.25) is 0 Å². The maximum atomic E-state index is 10.7. The number of hydrogen-bond acceptors (Lipinski definition) is 2. The third-order valence-corrected chi connectivity index (χ3v) is 4.26. The molecule has 1 atom stereocenters. The predicted octanol–water partition coefficient (Wildman–Crippen LogP) is 3.07. The number of aromatic carboxylic acids is 1. The van der Waals surface area contributed by atoms with Crippen LogP contribution in [0, 0.1) is 5.92 Å². The van der Waals surface area contributed by atoms with Crippen LogP contribution in [0.3, 0.4) is 0 Å². The molecule has 1 aromatic rings. The molecule has 16 heavy (non-hydrogen) atoms. The fraction of sp³-hybridized carbons (Fsp3) is 0.462. The Morgan fingerprint density at radius 2 is 2.12 bits per heavy atom. The Hall–Kier alpha value is -0.960. The second kappa shape index (κ2) is 5.39. The van der Waals surface area contributed by atoms with E-state index in [-0.39, 0.29) is 0 Å². The molecule has 86 valence electrons. The molecule has 0 spiro atoms. The summed E-state index contributed by atoms with van der Waals surface area (Å²) in [6.45, 7) is 0. The summed E-state index contributed by atoms with van der Waals surface area (Å²) in [4.78, 5) is 10.7. The van der Waals surface area contributed by atoms with E-state index in [0.717, 1.165) is 12.3 Å². The van der Waals surface area contributed by atoms with Gasteiger partial charge in [0, 0.05) is 0 Å². The van der Waals surface area contributed by atoms with Crippen molar-refractivity contribution in [1.82, 2.24) is 0 Å². The maximum Gasteiger partial charge on any atom is 0.335 e. The molecular weight excluding hydrogens is 220 g/mol. The molecular formula is C13H16O2S. The predicted molar refractivity (Wildman–Crippen MR) is 67.2 cm³/mol. The van der Waals surface area contributed by atoms with Crippen molar-refractivity contribution in [3.63, 3.8) is 0 Å². The van der Waals surface area contributed by atoms with Crippen molar-refractivity contribution >= 4 is 17.7 Å². The quantitative estimate of drug-likeness (QED) is 0.876. The van der Waals surface area contributed by atoms with Gasteiger partial charge in [0.2, 0.25) is 0 Å². The summed E-state index contributed by atoms with van der Waals surface area (Å²) in [5.41, 5.74) is 1.64. The summed E-state index contributed by atoms with van der Waals surface area (Å²) in [5, 5.41) is 8.79. The van der Waals surface area contributed by atoms with Gasteiger partial charge in [0.05, 0.1) is 5.56 Å². The largest absolute Gasteiger partial charge is 0.478 e. The number of benzene rings is 1. The lowest BCUT2D eigenvalue weighted by Crippen LogP contribution is -2.13. The van der Waals surface area contributed by atoms with Gasteiger partial charge in [-0.15, -0.1) is 0 Å². The molecule has 2 rings (SSSR count). The first kappa shape index (κ1) is 11.5. The van der Waals surface area contributed by atoms with Crippen LogP contribution >= 0.6 is 11.8 Å². The summed E-state index contributed by atoms with van der Waals surface area (Å²) < 4.78 is 0. The van der Waals surface area contributed by atoms with Gasteiger partial charge in [-0.25, -0.2) is 4.79 Å². The average molecular weight is 236 g/mol. The zero-order valence-electron chi connectivity index (χ0n) is 9.19. The third-order valence-electron chi connectivity index (χ3n) is 2.98. The van der Waals surface area contributed by atoms with Gasteiger partial charge in [0.25, 0.3) is 0 Å². The molecule has 1 heterocycles. The van der Waals surface area contributed by atoms with Gasteiger partial charge in [-0.05, 0) is 54.4 Å². The highest BCUT2D eigenvalue weighted by Crippen LogP contribution is 2.25. The lowest BCUT2D eigenvalue weighted by molar-refractivity contribution is 0.0697. The van der Waals surface area contributed by atoms with E-state index >= 15 is 0 Å². The molecule has 1 saturated heterocycles. The van der Waals surface area contributed by atoms with Gasteiger partial charge in [-0.2, -0.15) is 11.8 Å². The second-order valence-corrected chi connectivity index (χ2v) is 5.44. The first-order valence-corrected chi connectivity index (χ1v) is 6.81. The van der Waals surface area contributed by atoms with E-state index in [1.807, 2.05) is 23.9 Å². The molecule has 0 radical (unpaired) electrons. The molecule has 1 aliphatic rings. The van der Waals surface area contributed by atoms with Crippen LogP contribution in [0.15, 0.2) is 24.3 Å². The highest BCUT2D eigenvalue weighted by Gasteiger charge is 2.14. The molecule has 3 heteroatoms. The Labute approximate surface area is 100 Å². The van der Waals surface area contributed by atoms with Crippen LogP contribution in [0.5, 0.6) is 0 Å². The smallest absolute Gasteiger partial charge is 0.335 e. The molecule has 1 aliphatic heterocycles. The molecule has 2 nitrogen and oxygen atoms in total. The van der Waals surface area contributed by atoms with Gasteiger partial charge < -0.3 is 5.11 Å². The summed E-state index contributed by atoms with van der Waals surface area (Å²) in [6, 6.07) is 7.30. The van der Waals surface area contributed by atoms with Crippen molar-refractivity contribution < 1.29 is 9.90 Å². The summed E-state index contributed by atoms with van der Waals surface area (Å²) in [5.74, 6) is 2.48. The minimum atomic E-state index is -0.847. The number of thioether (sulfide) groups is 1. The van der Waals surface area contributed by atoms with Crippen molar-refractivity contribution in [2.45, 2.75) is 19.3 Å². The Morgan fingerprint density at radius 1 is 1.38 bits per heavy atom. The maximum absolute atomic E-state index is 10.7. The minimum Gasteiger partial charge on any atom is -0.478 e. The summed E-state index contributed by atoms with van der Waals surface area (Å²) >= 11 is 2.04. The molecule has 1 aromatic carbocycles. The number of hydrogen-bond donors (Lipinski definition) is 1. The lowest BCUT2D eigenvalue weighted by atomic mass is 9.96. The highest BCUT2D eigenvalue weighted by atomic mass is 32.2. The minimum absolute atomic E-state index is 0.377. The van der Waals surface area contributed by atoms with Crippen molar-refractivity contribution in [3.05, 3.63) is 35.4 Å². The number of carboxylic acids is 1. The van der Waals surface area contributed by atoms with E-state index in [4.69, 9.17) is 5.11 Å². The monoisotopic (exact) mass is 236 g/mol. The molecule has 0 amide bonds. The topological polar surface area (TPSA) is 37.3 Å². The van der Waals surface area contributed by atoms with E-state index in [1.54, 1.807) is 12.1 Å². The second-order valence-electron chi connectivity index (χ2n) is 4.29. The lowest BCUT2D eigenvalue weighted by Gasteiger charge is -2.21. The van der Waals surface area contributed by atoms with Crippen LogP contribution in [-0.2, 0) is 6.42 Å². The average Bonchev–Trinajstić information content (AvgIpc) is 2.31. The standard InChI is InChI=1S/C13H16O2S/c14-13(15)12-5-3-10(4-6-12)8-11-2-1-7-16-9-11/h3-6,11H,1-2,7-9H2,(H,14,15). The van der Waals surface area contributed by atoms with Crippen molar-refractivity contribution in [1.29, 1.82) is 0 Å². The first-order chi connectivity index (χ1) is 7.75. The van der Waals surface area contributed by atoms with E-state index in [2.05, 4.69) is 0 Å². The van der Waals surface area contributed by atoms with Crippen molar-refractivity contribution in [3.8, 4) is 0 Å². The van der Waals surface area contributed by atoms with Gasteiger partial charge in [-0.1, -0.05) is 12.1 Å². The first-order valence-electron chi connectivity index (χ1n) is 5.65. The fourth-order valence-electron chi connectivity index (χ4n) is 2.09. The van der Waals surface area contributed by atoms with Crippen molar-refractivity contribution in [2.75, 3.05) is 11.5 Å². The Morgan fingerprint density at radius 3 is 2.69 bits per heavy atom. The van der Waals surface area contributed by atoms with E-state index in [1.165, 1.54) is 29.9 Å². The number of carbonyl (C=O) groups is 1. The zero-order valence-corrected chi connectivity index (χ0v) is 10.0. The van der Waals surface area contributed by atoms with Gasteiger partial charge in [0.1, 0.15) is 0 Å². The molecule has 1 N–H and O–H groups in total. The Balaban J connectivity index is 1.96. The zero-order chi connectivity index (χ0) is 11.4. The van der Waals surface area contributed by atoms with Crippen LogP contribution in [0.1, 0.15) is 28.8 Å². The van der Waals surface area contributed by atoms with E-state index in [0.29, 0.717) is 5.56 Å². The van der Waals surface area contributed by atoms with E-state index < -0.39 is 5.97 Å². The summed E-state index contributed by atoms with van der Waals surface area (Å²) in [7, 11) is 0. The Bertz CT molecular complexity index is 353. The van der Waals surface area contributed by atoms with E-state index in [9.17, 15) is 4.79 Å². The van der Waals surface area contributed by atoms with Crippen LogP contribution in [0.4, 0.5) is 0 Å². The van der Waals surface area contributed by atoms with Crippen LogP contribution in [-0.4, -0.2) is 22.6 Å². The molecule has 0 aromatic heterocycles. The number of rotatable bonds is 3. The van der Waals surface area contributed by atoms with Crippen LogP contribution in [0.2, 0.25) is 0 Å². The molecule has 1 fully saturated rings. The highest BCUT2D eigenvalue weighted by molar-refractivity contribution is 7.99. The third kappa shape index (κ3) is 3.01. The van der Waals surface area contributed by atoms with Crippen LogP contribution < -0.4 is 0 Å². The molecule has 0 saturated carbocycles. The molecule has 0 aliphatic carbocycles. The van der Waals surface area contributed by atoms with Crippen LogP contribution in [0.25, 0.3) is 0 Å². The van der Waals surface area contributed by atoms with Crippen molar-refractivity contribution in [2.24, 2.45) is 5.92 Å². The fourth-order valence-corrected chi connectivity index (χ4v) is 3.24. The number of carboxylic acid groups (broad SMARTS) is 1. The molecule has 1 unspecified atom stereocenters. The normalized spacial score (nSPS) is 20.6.